The van der Waals surface area contributed by atoms with Gasteiger partial charge in [-0.3, -0.25) is 0 Å². The van der Waals surface area contributed by atoms with Crippen LogP contribution in [0.2, 0.25) is 0 Å². The molecular formula is C18H21N5O2. The first-order valence-electron chi connectivity index (χ1n) is 8.25. The Morgan fingerprint density at radius 1 is 1.36 bits per heavy atom. The van der Waals surface area contributed by atoms with Crippen LogP contribution in [-0.4, -0.2) is 38.2 Å². The largest absolute Gasteiger partial charge is 0.462 e. The average Bonchev–Trinajstić information content (AvgIpc) is 2.93. The Morgan fingerprint density at radius 2 is 2.16 bits per heavy atom. The summed E-state index contributed by atoms with van der Waals surface area (Å²) in [4.78, 5) is 21.2. The molecule has 25 heavy (non-hydrogen) atoms. The number of esters is 1. The normalized spacial score (nSPS) is 11.1. The Kier molecular flexibility index (Phi) is 4.65. The van der Waals surface area contributed by atoms with Gasteiger partial charge in [0.15, 0.2) is 5.65 Å². The fraction of sp³-hybridized carbons (Fsp3) is 0.333. The lowest BCUT2D eigenvalue weighted by atomic mass is 10.0. The summed E-state index contributed by atoms with van der Waals surface area (Å²) in [6.45, 7) is 8.14. The Balaban J connectivity index is 2.15. The number of anilines is 1. The summed E-state index contributed by atoms with van der Waals surface area (Å²) < 4.78 is 6.79. The first-order valence-corrected chi connectivity index (χ1v) is 8.25. The van der Waals surface area contributed by atoms with Crippen LogP contribution in [0.25, 0.3) is 16.9 Å². The second-order valence-electron chi connectivity index (χ2n) is 6.02. The van der Waals surface area contributed by atoms with E-state index >= 15 is 0 Å². The highest BCUT2D eigenvalue weighted by molar-refractivity contribution is 6.02. The lowest BCUT2D eigenvalue weighted by Crippen LogP contribution is -2.11. The summed E-state index contributed by atoms with van der Waals surface area (Å²) in [6.07, 6.45) is 5.11. The van der Waals surface area contributed by atoms with E-state index < -0.39 is 5.97 Å². The van der Waals surface area contributed by atoms with E-state index in [-0.39, 0.29) is 12.6 Å². The average molecular weight is 339 g/mol. The molecule has 0 spiro atoms. The van der Waals surface area contributed by atoms with Crippen LogP contribution in [0.1, 0.15) is 36.7 Å². The number of hydrogen-bond acceptors (Lipinski definition) is 6. The summed E-state index contributed by atoms with van der Waals surface area (Å²) in [7, 11) is 0. The topological polar surface area (TPSA) is 81.4 Å². The highest BCUT2D eigenvalue weighted by atomic mass is 16.5. The standard InChI is InChI=1S/C18H21N5O2/c1-5-25-18(24)15-16(22-23-8-6-7-19-17(15)23)13-10-20-14(9-12(13)4)21-11(2)3/h6-11H,5H2,1-4H3,(H,20,21). The van der Waals surface area contributed by atoms with Crippen molar-refractivity contribution in [2.75, 3.05) is 11.9 Å². The van der Waals surface area contributed by atoms with Crippen LogP contribution in [0.3, 0.4) is 0 Å². The maximum atomic E-state index is 12.5. The monoisotopic (exact) mass is 339 g/mol. The Hall–Kier alpha value is -2.96. The summed E-state index contributed by atoms with van der Waals surface area (Å²) in [5.41, 5.74) is 3.10. The number of nitrogens with one attached hydrogen (secondary N) is 1. The summed E-state index contributed by atoms with van der Waals surface area (Å²) in [5.74, 6) is 0.353. The molecule has 0 bridgehead atoms. The summed E-state index contributed by atoms with van der Waals surface area (Å²) in [6, 6.07) is 3.99. The predicted octanol–water partition coefficient (Wildman–Crippen LogP) is 3.10. The van der Waals surface area contributed by atoms with Crippen LogP contribution in [0.15, 0.2) is 30.7 Å². The highest BCUT2D eigenvalue weighted by Gasteiger charge is 2.24. The van der Waals surface area contributed by atoms with Crippen LogP contribution >= 0.6 is 0 Å². The minimum Gasteiger partial charge on any atom is -0.462 e. The number of pyridine rings is 1. The molecule has 3 aromatic rings. The fourth-order valence-electron chi connectivity index (χ4n) is 2.65. The van der Waals surface area contributed by atoms with Crippen LogP contribution in [0.4, 0.5) is 5.82 Å². The first kappa shape index (κ1) is 16.9. The number of carbonyl (C=O) groups is 1. The molecule has 0 aliphatic carbocycles. The minimum absolute atomic E-state index is 0.284. The maximum absolute atomic E-state index is 12.5. The van der Waals surface area contributed by atoms with Crippen molar-refractivity contribution >= 4 is 17.4 Å². The molecule has 3 rings (SSSR count). The quantitative estimate of drug-likeness (QED) is 0.719. The number of hydrogen-bond donors (Lipinski definition) is 1. The zero-order chi connectivity index (χ0) is 18.0. The molecule has 0 aliphatic heterocycles. The zero-order valence-electron chi connectivity index (χ0n) is 14.8. The molecular weight excluding hydrogens is 318 g/mol. The molecule has 0 aliphatic rings. The third-order valence-corrected chi connectivity index (χ3v) is 3.68. The van der Waals surface area contributed by atoms with Gasteiger partial charge < -0.3 is 10.1 Å². The van der Waals surface area contributed by atoms with Crippen molar-refractivity contribution in [2.24, 2.45) is 0 Å². The molecule has 3 aromatic heterocycles. The van der Waals surface area contributed by atoms with Crippen molar-refractivity contribution < 1.29 is 9.53 Å². The third-order valence-electron chi connectivity index (χ3n) is 3.68. The Morgan fingerprint density at radius 3 is 2.84 bits per heavy atom. The lowest BCUT2D eigenvalue weighted by molar-refractivity contribution is 0.0529. The van der Waals surface area contributed by atoms with Crippen LogP contribution in [-0.2, 0) is 4.74 Å². The van der Waals surface area contributed by atoms with Gasteiger partial charge in [-0.1, -0.05) is 0 Å². The highest BCUT2D eigenvalue weighted by Crippen LogP contribution is 2.29. The molecule has 0 saturated heterocycles. The number of aryl methyl sites for hydroxylation is 1. The predicted molar refractivity (Wildman–Crippen MR) is 95.7 cm³/mol. The maximum Gasteiger partial charge on any atom is 0.344 e. The molecule has 0 radical (unpaired) electrons. The van der Waals surface area contributed by atoms with Crippen LogP contribution in [0, 0.1) is 6.92 Å². The van der Waals surface area contributed by atoms with Gasteiger partial charge >= 0.3 is 5.97 Å². The van der Waals surface area contributed by atoms with Crippen molar-refractivity contribution in [3.8, 4) is 11.3 Å². The molecule has 0 fully saturated rings. The van der Waals surface area contributed by atoms with Crippen LogP contribution < -0.4 is 5.32 Å². The van der Waals surface area contributed by atoms with E-state index in [0.717, 1.165) is 16.9 Å². The number of rotatable bonds is 5. The van der Waals surface area contributed by atoms with Crippen molar-refractivity contribution in [2.45, 2.75) is 33.7 Å². The fourth-order valence-corrected chi connectivity index (χ4v) is 2.65. The molecule has 0 saturated carbocycles. The van der Waals surface area contributed by atoms with Gasteiger partial charge in [-0.2, -0.15) is 5.10 Å². The Bertz CT molecular complexity index is 917. The van der Waals surface area contributed by atoms with E-state index in [1.165, 1.54) is 0 Å². The van der Waals surface area contributed by atoms with Gasteiger partial charge in [-0.05, 0) is 45.4 Å². The van der Waals surface area contributed by atoms with Crippen molar-refractivity contribution in [3.63, 3.8) is 0 Å². The summed E-state index contributed by atoms with van der Waals surface area (Å²) >= 11 is 0. The smallest absolute Gasteiger partial charge is 0.344 e. The second-order valence-corrected chi connectivity index (χ2v) is 6.02. The van der Waals surface area contributed by atoms with Gasteiger partial charge in [0.05, 0.1) is 6.61 Å². The number of ether oxygens (including phenoxy) is 1. The molecule has 3 heterocycles. The van der Waals surface area contributed by atoms with E-state index in [1.54, 1.807) is 36.1 Å². The number of fused-ring (bicyclic) bond motifs is 1. The van der Waals surface area contributed by atoms with Gasteiger partial charge in [0, 0.05) is 30.2 Å². The molecule has 130 valence electrons. The van der Waals surface area contributed by atoms with E-state index in [9.17, 15) is 4.79 Å². The third kappa shape index (κ3) is 3.31. The van der Waals surface area contributed by atoms with Gasteiger partial charge in [-0.25, -0.2) is 19.3 Å². The zero-order valence-corrected chi connectivity index (χ0v) is 14.8. The second kappa shape index (κ2) is 6.88. The lowest BCUT2D eigenvalue weighted by Gasteiger charge is -2.11. The number of carbonyl (C=O) groups excluding carboxylic acids is 1. The molecule has 0 amide bonds. The van der Waals surface area contributed by atoms with E-state index in [0.29, 0.717) is 16.9 Å². The number of nitrogens with zero attached hydrogens (tertiary/aromatic N) is 4. The minimum atomic E-state index is -0.435. The molecule has 0 atom stereocenters. The Labute approximate surface area is 146 Å². The molecule has 7 heteroatoms. The molecule has 7 nitrogen and oxygen atoms in total. The van der Waals surface area contributed by atoms with E-state index in [4.69, 9.17) is 4.74 Å². The van der Waals surface area contributed by atoms with Crippen LogP contribution in [0.5, 0.6) is 0 Å². The van der Waals surface area contributed by atoms with Gasteiger partial charge in [0.2, 0.25) is 0 Å². The van der Waals surface area contributed by atoms with E-state index in [1.807, 2.05) is 13.0 Å². The van der Waals surface area contributed by atoms with E-state index in [2.05, 4.69) is 34.2 Å². The van der Waals surface area contributed by atoms with Crippen molar-refractivity contribution in [1.82, 2.24) is 19.6 Å². The van der Waals surface area contributed by atoms with Gasteiger partial charge in [0.1, 0.15) is 17.1 Å². The number of aromatic nitrogens is 4. The molecule has 1 N–H and O–H groups in total. The van der Waals surface area contributed by atoms with Gasteiger partial charge in [0.25, 0.3) is 0 Å². The van der Waals surface area contributed by atoms with Crippen molar-refractivity contribution in [1.29, 1.82) is 0 Å². The summed E-state index contributed by atoms with van der Waals surface area (Å²) in [5, 5.41) is 7.80. The van der Waals surface area contributed by atoms with Crippen molar-refractivity contribution in [3.05, 3.63) is 41.9 Å². The first-order chi connectivity index (χ1) is 12.0. The SMILES string of the molecule is CCOC(=O)c1c(-c2cnc(NC(C)C)cc2C)nn2cccnc12. The molecule has 0 unspecified atom stereocenters. The van der Waals surface area contributed by atoms with Gasteiger partial charge in [-0.15, -0.1) is 0 Å². The molecule has 0 aromatic carbocycles.